The molecule has 78 valence electrons. The van der Waals surface area contributed by atoms with Crippen molar-refractivity contribution in [3.8, 4) is 0 Å². The van der Waals surface area contributed by atoms with Crippen LogP contribution in [-0.2, 0) is 0 Å². The van der Waals surface area contributed by atoms with Crippen LogP contribution in [0.15, 0.2) is 30.5 Å². The number of aromatic nitrogens is 2. The average molecular weight is 231 g/mol. The largest absolute Gasteiger partial charge is 0.339 e. The summed E-state index contributed by atoms with van der Waals surface area (Å²) < 4.78 is 0. The van der Waals surface area contributed by atoms with Crippen molar-refractivity contribution in [3.05, 3.63) is 41.0 Å². The Bertz CT molecular complexity index is 703. The van der Waals surface area contributed by atoms with Crippen LogP contribution in [0.3, 0.4) is 0 Å². The second-order valence-corrected chi connectivity index (χ2v) is 4.03. The smallest absolute Gasteiger partial charge is 0.150 e. The first-order valence-corrected chi connectivity index (χ1v) is 5.18. The molecule has 0 fully saturated rings. The van der Waals surface area contributed by atoms with E-state index in [0.717, 1.165) is 28.2 Å². The Hall–Kier alpha value is -1.87. The number of nitrogens with one attached hydrogen (secondary N) is 1. The number of benzene rings is 1. The lowest BCUT2D eigenvalue weighted by molar-refractivity contribution is 0.112. The van der Waals surface area contributed by atoms with Gasteiger partial charge in [-0.2, -0.15) is 0 Å². The number of H-pyrrole nitrogens is 1. The topological polar surface area (TPSA) is 45.8 Å². The van der Waals surface area contributed by atoms with Gasteiger partial charge < -0.3 is 4.98 Å². The van der Waals surface area contributed by atoms with Crippen LogP contribution in [0.4, 0.5) is 0 Å². The van der Waals surface area contributed by atoms with E-state index >= 15 is 0 Å². The molecule has 3 aromatic rings. The van der Waals surface area contributed by atoms with Gasteiger partial charge in [0.05, 0.1) is 5.02 Å². The minimum atomic E-state index is 0.588. The van der Waals surface area contributed by atoms with Crippen molar-refractivity contribution in [1.82, 2.24) is 9.97 Å². The molecule has 16 heavy (non-hydrogen) atoms. The van der Waals surface area contributed by atoms with E-state index in [0.29, 0.717) is 10.6 Å². The van der Waals surface area contributed by atoms with Crippen molar-refractivity contribution < 1.29 is 4.79 Å². The predicted molar refractivity (Wildman–Crippen MR) is 64.0 cm³/mol. The van der Waals surface area contributed by atoms with Crippen molar-refractivity contribution in [3.63, 3.8) is 0 Å². The van der Waals surface area contributed by atoms with E-state index in [4.69, 9.17) is 11.6 Å². The van der Waals surface area contributed by atoms with Crippen LogP contribution in [0.25, 0.3) is 21.9 Å². The molecule has 2 aromatic heterocycles. The van der Waals surface area contributed by atoms with E-state index in [1.807, 2.05) is 18.2 Å². The van der Waals surface area contributed by atoms with Gasteiger partial charge in [-0.1, -0.05) is 11.6 Å². The van der Waals surface area contributed by atoms with Crippen LogP contribution < -0.4 is 0 Å². The van der Waals surface area contributed by atoms with Gasteiger partial charge in [0.2, 0.25) is 0 Å². The summed E-state index contributed by atoms with van der Waals surface area (Å²) >= 11 is 5.90. The van der Waals surface area contributed by atoms with E-state index in [1.54, 1.807) is 12.3 Å². The van der Waals surface area contributed by atoms with Gasteiger partial charge in [0.25, 0.3) is 0 Å². The number of aromatic amines is 1. The third-order valence-corrected chi connectivity index (χ3v) is 2.78. The van der Waals surface area contributed by atoms with Crippen LogP contribution in [0, 0.1) is 0 Å². The maximum absolute atomic E-state index is 10.7. The first-order valence-electron chi connectivity index (χ1n) is 4.80. The zero-order valence-electron chi connectivity index (χ0n) is 8.20. The predicted octanol–water partition coefficient (Wildman–Crippen LogP) is 3.18. The number of fused-ring (bicyclic) bond motifs is 3. The molecule has 0 aliphatic rings. The van der Waals surface area contributed by atoms with Gasteiger partial charge in [-0.3, -0.25) is 4.79 Å². The molecule has 0 aliphatic carbocycles. The number of hydrogen-bond acceptors (Lipinski definition) is 2. The van der Waals surface area contributed by atoms with Gasteiger partial charge in [-0.05, 0) is 24.3 Å². The maximum Gasteiger partial charge on any atom is 0.150 e. The molecule has 0 saturated carbocycles. The van der Waals surface area contributed by atoms with Crippen LogP contribution in [0.2, 0.25) is 5.02 Å². The quantitative estimate of drug-likeness (QED) is 0.653. The molecule has 0 amide bonds. The Labute approximate surface area is 96.1 Å². The normalized spacial score (nSPS) is 11.1. The number of nitrogens with zero attached hydrogens (tertiary/aromatic N) is 1. The van der Waals surface area contributed by atoms with Crippen LogP contribution >= 0.6 is 11.6 Å². The summed E-state index contributed by atoms with van der Waals surface area (Å²) in [4.78, 5) is 18.1. The van der Waals surface area contributed by atoms with Gasteiger partial charge in [-0.15, -0.1) is 0 Å². The Balaban J connectivity index is 2.49. The van der Waals surface area contributed by atoms with Gasteiger partial charge in [0, 0.05) is 28.0 Å². The number of rotatable bonds is 1. The number of carbonyl (C=O) groups excluding carboxylic acids is 1. The van der Waals surface area contributed by atoms with Crippen molar-refractivity contribution in [2.24, 2.45) is 0 Å². The number of aldehydes is 1. The van der Waals surface area contributed by atoms with Crippen LogP contribution in [0.5, 0.6) is 0 Å². The zero-order valence-corrected chi connectivity index (χ0v) is 8.95. The molecule has 1 N–H and O–H groups in total. The lowest BCUT2D eigenvalue weighted by Gasteiger charge is -1.93. The fourth-order valence-electron chi connectivity index (χ4n) is 1.84. The molecule has 4 heteroatoms. The molecule has 3 rings (SSSR count). The highest BCUT2D eigenvalue weighted by Crippen LogP contribution is 2.26. The van der Waals surface area contributed by atoms with E-state index in [-0.39, 0.29) is 0 Å². The molecule has 0 atom stereocenters. The van der Waals surface area contributed by atoms with Crippen LogP contribution in [-0.4, -0.2) is 16.3 Å². The molecule has 0 unspecified atom stereocenters. The molecule has 0 aliphatic heterocycles. The SMILES string of the molecule is O=Cc1ccc2[nH]c3ncc(Cl)cc3c2c1. The van der Waals surface area contributed by atoms with E-state index in [1.165, 1.54) is 0 Å². The first-order chi connectivity index (χ1) is 7.78. The molecule has 0 saturated heterocycles. The van der Waals surface area contributed by atoms with Crippen molar-refractivity contribution in [1.29, 1.82) is 0 Å². The summed E-state index contributed by atoms with van der Waals surface area (Å²) in [5.74, 6) is 0. The average Bonchev–Trinajstić information content (AvgIpc) is 2.66. The number of pyridine rings is 1. The minimum absolute atomic E-state index is 0.588. The molecule has 0 bridgehead atoms. The third-order valence-electron chi connectivity index (χ3n) is 2.58. The minimum Gasteiger partial charge on any atom is -0.339 e. The molecular weight excluding hydrogens is 224 g/mol. The lowest BCUT2D eigenvalue weighted by Crippen LogP contribution is -1.77. The fourth-order valence-corrected chi connectivity index (χ4v) is 2.00. The summed E-state index contributed by atoms with van der Waals surface area (Å²) in [6.45, 7) is 0. The second-order valence-electron chi connectivity index (χ2n) is 3.60. The van der Waals surface area contributed by atoms with Crippen molar-refractivity contribution in [2.45, 2.75) is 0 Å². The van der Waals surface area contributed by atoms with Gasteiger partial charge in [-0.25, -0.2) is 4.98 Å². The van der Waals surface area contributed by atoms with Crippen molar-refractivity contribution in [2.75, 3.05) is 0 Å². The zero-order chi connectivity index (χ0) is 11.1. The Morgan fingerprint density at radius 1 is 1.25 bits per heavy atom. The molecule has 2 heterocycles. The maximum atomic E-state index is 10.7. The molecule has 0 radical (unpaired) electrons. The highest BCUT2D eigenvalue weighted by molar-refractivity contribution is 6.31. The summed E-state index contributed by atoms with van der Waals surface area (Å²) in [6, 6.07) is 7.32. The summed E-state index contributed by atoms with van der Waals surface area (Å²) in [6.07, 6.45) is 2.43. The highest BCUT2D eigenvalue weighted by atomic mass is 35.5. The Kier molecular flexibility index (Phi) is 1.94. The van der Waals surface area contributed by atoms with Gasteiger partial charge in [0.15, 0.2) is 0 Å². The van der Waals surface area contributed by atoms with Crippen LogP contribution in [0.1, 0.15) is 10.4 Å². The van der Waals surface area contributed by atoms with Gasteiger partial charge >= 0.3 is 0 Å². The summed E-state index contributed by atoms with van der Waals surface area (Å²) in [7, 11) is 0. The van der Waals surface area contributed by atoms with E-state index in [9.17, 15) is 4.79 Å². The number of hydrogen-bond donors (Lipinski definition) is 1. The monoisotopic (exact) mass is 230 g/mol. The molecule has 3 nitrogen and oxygen atoms in total. The Morgan fingerprint density at radius 3 is 2.94 bits per heavy atom. The van der Waals surface area contributed by atoms with Gasteiger partial charge in [0.1, 0.15) is 11.9 Å². The summed E-state index contributed by atoms with van der Waals surface area (Å²) in [5.41, 5.74) is 2.38. The standard InChI is InChI=1S/C12H7ClN2O/c13-8-4-10-9-3-7(6-16)1-2-11(9)15-12(10)14-5-8/h1-6H,(H,14,15). The van der Waals surface area contributed by atoms with Crippen molar-refractivity contribution >= 4 is 39.8 Å². The highest BCUT2D eigenvalue weighted by Gasteiger charge is 2.06. The molecular formula is C12H7ClN2O. The Morgan fingerprint density at radius 2 is 2.12 bits per heavy atom. The molecule has 1 aromatic carbocycles. The number of carbonyl (C=O) groups is 1. The van der Waals surface area contributed by atoms with E-state index in [2.05, 4.69) is 9.97 Å². The molecule has 0 spiro atoms. The second kappa shape index (κ2) is 3.32. The number of halogens is 1. The third kappa shape index (κ3) is 1.29. The lowest BCUT2D eigenvalue weighted by atomic mass is 10.1. The fraction of sp³-hybridized carbons (Fsp3) is 0. The summed E-state index contributed by atoms with van der Waals surface area (Å²) in [5, 5.41) is 2.49. The first kappa shape index (κ1) is 9.36. The van der Waals surface area contributed by atoms with E-state index < -0.39 is 0 Å².